The molecule has 34 heavy (non-hydrogen) atoms. The Balaban J connectivity index is 1.89. The van der Waals surface area contributed by atoms with Crippen LogP contribution in [-0.4, -0.2) is 27.2 Å². The first kappa shape index (κ1) is 25.4. The molecule has 0 unspecified atom stereocenters. The number of carbonyl (C=O) groups excluding carboxylic acids is 1. The number of anilines is 2. The number of carbonyl (C=O) groups is 1. The second-order valence-electron chi connectivity index (χ2n) is 7.38. The molecular formula is C23H20ClF3N2O4S. The van der Waals surface area contributed by atoms with E-state index in [0.717, 1.165) is 22.0 Å². The smallest absolute Gasteiger partial charge is 0.406 e. The van der Waals surface area contributed by atoms with E-state index in [-0.39, 0.29) is 21.3 Å². The Labute approximate surface area is 200 Å². The Bertz CT molecular complexity index is 1280. The average molecular weight is 513 g/mol. The van der Waals surface area contributed by atoms with Gasteiger partial charge in [-0.05, 0) is 67.9 Å². The van der Waals surface area contributed by atoms with E-state index >= 15 is 0 Å². The minimum absolute atomic E-state index is 0.0149. The van der Waals surface area contributed by atoms with Crippen molar-refractivity contribution in [2.45, 2.75) is 25.1 Å². The van der Waals surface area contributed by atoms with Gasteiger partial charge in [0.05, 0.1) is 10.6 Å². The standard InChI is InChI=1S/C23H20ClF3N2O4S/c1-15-3-11-20(12-4-15)34(31,32)29(21-13-17(24)6-5-16(21)2)14-22(30)28-18-7-9-19(10-8-18)33-23(25,26)27/h3-13H,14H2,1-2H3,(H,28,30). The number of benzene rings is 3. The lowest BCUT2D eigenvalue weighted by Crippen LogP contribution is -2.38. The molecule has 0 aliphatic carbocycles. The van der Waals surface area contributed by atoms with Crippen molar-refractivity contribution in [3.05, 3.63) is 82.9 Å². The number of nitrogens with zero attached hydrogens (tertiary/aromatic N) is 1. The predicted octanol–water partition coefficient (Wildman–Crippen LogP) is 5.69. The van der Waals surface area contributed by atoms with Crippen LogP contribution in [-0.2, 0) is 14.8 Å². The fourth-order valence-corrected chi connectivity index (χ4v) is 4.70. The van der Waals surface area contributed by atoms with Crippen LogP contribution in [0.3, 0.4) is 0 Å². The van der Waals surface area contributed by atoms with Crippen LogP contribution >= 0.6 is 11.6 Å². The van der Waals surface area contributed by atoms with E-state index in [1.807, 2.05) is 6.92 Å². The number of alkyl halides is 3. The van der Waals surface area contributed by atoms with Crippen molar-refractivity contribution in [2.24, 2.45) is 0 Å². The number of hydrogen-bond donors (Lipinski definition) is 1. The van der Waals surface area contributed by atoms with Gasteiger partial charge in [-0.25, -0.2) is 8.42 Å². The summed E-state index contributed by atoms with van der Waals surface area (Å²) in [7, 11) is -4.16. The maximum absolute atomic E-state index is 13.5. The molecule has 0 fully saturated rings. The van der Waals surface area contributed by atoms with Gasteiger partial charge in [0.15, 0.2) is 0 Å². The second-order valence-corrected chi connectivity index (χ2v) is 9.67. The zero-order chi connectivity index (χ0) is 25.1. The molecule has 0 saturated heterocycles. The monoisotopic (exact) mass is 512 g/mol. The molecule has 3 aromatic carbocycles. The molecule has 0 radical (unpaired) electrons. The van der Waals surface area contributed by atoms with Crippen molar-refractivity contribution >= 4 is 38.9 Å². The van der Waals surface area contributed by atoms with Gasteiger partial charge in [-0.3, -0.25) is 9.10 Å². The number of halogens is 4. The molecule has 11 heteroatoms. The molecular weight excluding hydrogens is 493 g/mol. The molecule has 1 amide bonds. The number of hydrogen-bond acceptors (Lipinski definition) is 4. The zero-order valence-electron chi connectivity index (χ0n) is 18.1. The molecule has 1 N–H and O–H groups in total. The van der Waals surface area contributed by atoms with Crippen LogP contribution in [0, 0.1) is 13.8 Å². The van der Waals surface area contributed by atoms with E-state index in [1.165, 1.54) is 30.3 Å². The molecule has 0 spiro atoms. The summed E-state index contributed by atoms with van der Waals surface area (Å²) in [6.07, 6.45) is -4.84. The van der Waals surface area contributed by atoms with E-state index in [2.05, 4.69) is 10.1 Å². The summed E-state index contributed by atoms with van der Waals surface area (Å²) >= 11 is 6.09. The molecule has 0 atom stereocenters. The molecule has 0 bridgehead atoms. The largest absolute Gasteiger partial charge is 0.573 e. The maximum atomic E-state index is 13.5. The van der Waals surface area contributed by atoms with Gasteiger partial charge in [-0.1, -0.05) is 35.4 Å². The number of rotatable bonds is 7. The summed E-state index contributed by atoms with van der Waals surface area (Å²) in [5.41, 5.74) is 1.81. The van der Waals surface area contributed by atoms with E-state index in [9.17, 15) is 26.4 Å². The Morgan fingerprint density at radius 1 is 1.00 bits per heavy atom. The molecule has 0 aliphatic rings. The molecule has 3 aromatic rings. The first-order valence-corrected chi connectivity index (χ1v) is 11.7. The lowest BCUT2D eigenvalue weighted by molar-refractivity contribution is -0.274. The fraction of sp³-hybridized carbons (Fsp3) is 0.174. The topological polar surface area (TPSA) is 75.7 Å². The number of sulfonamides is 1. The summed E-state index contributed by atoms with van der Waals surface area (Å²) in [6.45, 7) is 2.90. The summed E-state index contributed by atoms with van der Waals surface area (Å²) in [5.74, 6) is -1.16. The van der Waals surface area contributed by atoms with Crippen molar-refractivity contribution in [3.8, 4) is 5.75 Å². The Morgan fingerprint density at radius 3 is 2.21 bits per heavy atom. The zero-order valence-corrected chi connectivity index (χ0v) is 19.6. The summed E-state index contributed by atoms with van der Waals surface area (Å²) < 4.78 is 68.6. The third-order valence-corrected chi connectivity index (χ3v) is 6.72. The number of aryl methyl sites for hydroxylation is 2. The van der Waals surface area contributed by atoms with E-state index in [4.69, 9.17) is 11.6 Å². The lowest BCUT2D eigenvalue weighted by atomic mass is 10.2. The van der Waals surface area contributed by atoms with Crippen molar-refractivity contribution in [3.63, 3.8) is 0 Å². The molecule has 3 rings (SSSR count). The third-order valence-electron chi connectivity index (χ3n) is 4.71. The highest BCUT2D eigenvalue weighted by molar-refractivity contribution is 7.92. The van der Waals surface area contributed by atoms with Crippen LogP contribution in [0.15, 0.2) is 71.6 Å². The molecule has 0 saturated carbocycles. The van der Waals surface area contributed by atoms with Gasteiger partial charge in [0.25, 0.3) is 10.0 Å². The maximum Gasteiger partial charge on any atom is 0.573 e. The average Bonchev–Trinajstić information content (AvgIpc) is 2.74. The highest BCUT2D eigenvalue weighted by atomic mass is 35.5. The van der Waals surface area contributed by atoms with Gasteiger partial charge < -0.3 is 10.1 Å². The van der Waals surface area contributed by atoms with Crippen LogP contribution in [0.2, 0.25) is 5.02 Å². The van der Waals surface area contributed by atoms with Crippen molar-refractivity contribution in [1.82, 2.24) is 0 Å². The molecule has 0 aliphatic heterocycles. The summed E-state index contributed by atoms with van der Waals surface area (Å²) in [6, 6.07) is 15.3. The number of nitrogens with one attached hydrogen (secondary N) is 1. The first-order valence-electron chi connectivity index (χ1n) is 9.86. The van der Waals surface area contributed by atoms with Gasteiger partial charge in [-0.2, -0.15) is 0 Å². The Morgan fingerprint density at radius 2 is 1.62 bits per heavy atom. The van der Waals surface area contributed by atoms with E-state index < -0.39 is 34.6 Å². The van der Waals surface area contributed by atoms with Crippen LogP contribution in [0.5, 0.6) is 5.75 Å². The SMILES string of the molecule is Cc1ccc(S(=O)(=O)N(CC(=O)Nc2ccc(OC(F)(F)F)cc2)c2cc(Cl)ccc2C)cc1. The molecule has 6 nitrogen and oxygen atoms in total. The van der Waals surface area contributed by atoms with Gasteiger partial charge in [0.2, 0.25) is 5.91 Å². The summed E-state index contributed by atoms with van der Waals surface area (Å²) in [5, 5.41) is 2.77. The Hall–Kier alpha value is -3.24. The van der Waals surface area contributed by atoms with Crippen molar-refractivity contribution in [2.75, 3.05) is 16.2 Å². The van der Waals surface area contributed by atoms with Gasteiger partial charge in [-0.15, -0.1) is 13.2 Å². The molecule has 0 heterocycles. The van der Waals surface area contributed by atoms with Gasteiger partial charge in [0.1, 0.15) is 12.3 Å². The highest BCUT2D eigenvalue weighted by Crippen LogP contribution is 2.30. The molecule has 180 valence electrons. The van der Waals surface area contributed by atoms with E-state index in [1.54, 1.807) is 31.2 Å². The third kappa shape index (κ3) is 6.42. The van der Waals surface area contributed by atoms with Gasteiger partial charge >= 0.3 is 6.36 Å². The number of ether oxygens (including phenoxy) is 1. The minimum Gasteiger partial charge on any atom is -0.406 e. The summed E-state index contributed by atoms with van der Waals surface area (Å²) in [4.78, 5) is 12.8. The first-order chi connectivity index (χ1) is 15.8. The molecule has 0 aromatic heterocycles. The minimum atomic E-state index is -4.84. The van der Waals surface area contributed by atoms with Crippen LogP contribution < -0.4 is 14.4 Å². The van der Waals surface area contributed by atoms with Crippen molar-refractivity contribution in [1.29, 1.82) is 0 Å². The predicted molar refractivity (Wildman–Crippen MR) is 124 cm³/mol. The van der Waals surface area contributed by atoms with Crippen LogP contribution in [0.25, 0.3) is 0 Å². The number of amides is 1. The second kappa shape index (κ2) is 9.94. The highest BCUT2D eigenvalue weighted by Gasteiger charge is 2.31. The normalized spacial score (nSPS) is 11.7. The fourth-order valence-electron chi connectivity index (χ4n) is 3.06. The van der Waals surface area contributed by atoms with E-state index in [0.29, 0.717) is 5.56 Å². The lowest BCUT2D eigenvalue weighted by Gasteiger charge is -2.26. The van der Waals surface area contributed by atoms with Crippen molar-refractivity contribution < 1.29 is 31.1 Å². The Kier molecular flexibility index (Phi) is 7.42. The quantitative estimate of drug-likeness (QED) is 0.441. The van der Waals surface area contributed by atoms with Crippen LogP contribution in [0.4, 0.5) is 24.5 Å². The van der Waals surface area contributed by atoms with Gasteiger partial charge in [0, 0.05) is 10.7 Å². The van der Waals surface area contributed by atoms with Crippen LogP contribution in [0.1, 0.15) is 11.1 Å².